The van der Waals surface area contributed by atoms with Crippen molar-refractivity contribution in [2.24, 2.45) is 0 Å². The minimum absolute atomic E-state index is 0.422. The molecule has 1 aliphatic heterocycles. The van der Waals surface area contributed by atoms with Crippen LogP contribution in [0.3, 0.4) is 0 Å². The van der Waals surface area contributed by atoms with Gasteiger partial charge in [0.15, 0.2) is 0 Å². The predicted octanol–water partition coefficient (Wildman–Crippen LogP) is 0.873. The zero-order valence-electron chi connectivity index (χ0n) is 9.38. The molecule has 3 heteroatoms. The summed E-state index contributed by atoms with van der Waals surface area (Å²) < 4.78 is 5.61. The second-order valence-corrected chi connectivity index (χ2v) is 3.92. The Morgan fingerprint density at radius 1 is 1.64 bits per heavy atom. The topological polar surface area (TPSA) is 24.5 Å². The Bertz CT molecular complexity index is 182. The lowest BCUT2D eigenvalue weighted by Gasteiger charge is -2.32. The first-order valence-electron chi connectivity index (χ1n) is 5.41. The van der Waals surface area contributed by atoms with Crippen LogP contribution in [-0.4, -0.2) is 50.8 Å². The summed E-state index contributed by atoms with van der Waals surface area (Å²) in [5, 5.41) is 3.12. The van der Waals surface area contributed by atoms with Crippen molar-refractivity contribution in [1.29, 1.82) is 0 Å². The van der Waals surface area contributed by atoms with E-state index in [0.717, 1.165) is 39.2 Å². The summed E-state index contributed by atoms with van der Waals surface area (Å²) >= 11 is 0. The Morgan fingerprint density at radius 2 is 2.43 bits per heavy atom. The van der Waals surface area contributed by atoms with Crippen LogP contribution < -0.4 is 5.32 Å². The van der Waals surface area contributed by atoms with Crippen molar-refractivity contribution in [1.82, 2.24) is 10.2 Å². The van der Waals surface area contributed by atoms with Gasteiger partial charge in [-0.05, 0) is 19.0 Å². The summed E-state index contributed by atoms with van der Waals surface area (Å²) in [6.45, 7) is 11.1. The summed E-state index contributed by atoms with van der Waals surface area (Å²) in [5.41, 5.74) is 1.25. The molecule has 0 aromatic carbocycles. The third-order valence-electron chi connectivity index (χ3n) is 2.55. The number of hydrogen-bond donors (Lipinski definition) is 1. The van der Waals surface area contributed by atoms with E-state index in [1.807, 2.05) is 7.05 Å². The Morgan fingerprint density at radius 3 is 3.07 bits per heavy atom. The maximum Gasteiger partial charge on any atom is 0.0700 e. The zero-order valence-corrected chi connectivity index (χ0v) is 9.38. The molecule has 14 heavy (non-hydrogen) atoms. The molecule has 0 aromatic rings. The van der Waals surface area contributed by atoms with Gasteiger partial charge < -0.3 is 10.1 Å². The number of likely N-dealkylation sites (N-methyl/N-ethyl adjacent to an activating group) is 1. The number of nitrogens with zero attached hydrogens (tertiary/aromatic N) is 1. The van der Waals surface area contributed by atoms with Gasteiger partial charge in [0.05, 0.1) is 12.7 Å². The van der Waals surface area contributed by atoms with Crippen LogP contribution in [0.5, 0.6) is 0 Å². The Hall–Kier alpha value is -0.380. The first-order valence-corrected chi connectivity index (χ1v) is 5.41. The average Bonchev–Trinajstić information content (AvgIpc) is 2.18. The smallest absolute Gasteiger partial charge is 0.0700 e. The van der Waals surface area contributed by atoms with Crippen molar-refractivity contribution < 1.29 is 4.74 Å². The van der Waals surface area contributed by atoms with E-state index in [1.54, 1.807) is 0 Å². The molecule has 1 aliphatic rings. The molecule has 1 heterocycles. The van der Waals surface area contributed by atoms with Gasteiger partial charge in [-0.2, -0.15) is 0 Å². The van der Waals surface area contributed by atoms with Crippen molar-refractivity contribution in [2.75, 3.05) is 39.8 Å². The molecule has 0 radical (unpaired) electrons. The summed E-state index contributed by atoms with van der Waals surface area (Å²) in [7, 11) is 1.96. The third kappa shape index (κ3) is 3.78. The molecule has 3 nitrogen and oxygen atoms in total. The second kappa shape index (κ2) is 6.17. The standard InChI is InChI=1S/C11H22N2O/c1-4-11-9-13(5-6-14-11)8-10(2)7-12-3/h11-12H,2,4-9H2,1,3H3. The molecule has 1 saturated heterocycles. The van der Waals surface area contributed by atoms with Crippen LogP contribution in [0.2, 0.25) is 0 Å². The van der Waals surface area contributed by atoms with Crippen LogP contribution in [-0.2, 0) is 4.74 Å². The quantitative estimate of drug-likeness (QED) is 0.664. The molecule has 0 spiro atoms. The lowest BCUT2D eigenvalue weighted by molar-refractivity contribution is -0.0265. The lowest BCUT2D eigenvalue weighted by Crippen LogP contribution is -2.43. The average molecular weight is 198 g/mol. The van der Waals surface area contributed by atoms with Crippen LogP contribution in [0.4, 0.5) is 0 Å². The summed E-state index contributed by atoms with van der Waals surface area (Å²) in [5.74, 6) is 0. The largest absolute Gasteiger partial charge is 0.376 e. The van der Waals surface area contributed by atoms with E-state index in [-0.39, 0.29) is 0 Å². The van der Waals surface area contributed by atoms with Crippen molar-refractivity contribution in [3.63, 3.8) is 0 Å². The highest BCUT2D eigenvalue weighted by molar-refractivity contribution is 5.00. The highest BCUT2D eigenvalue weighted by Gasteiger charge is 2.18. The molecule has 1 rings (SSSR count). The van der Waals surface area contributed by atoms with E-state index in [1.165, 1.54) is 5.57 Å². The maximum atomic E-state index is 5.61. The fourth-order valence-corrected chi connectivity index (χ4v) is 1.79. The van der Waals surface area contributed by atoms with Crippen molar-refractivity contribution in [3.05, 3.63) is 12.2 Å². The van der Waals surface area contributed by atoms with Crippen molar-refractivity contribution in [2.45, 2.75) is 19.4 Å². The lowest BCUT2D eigenvalue weighted by atomic mass is 10.2. The van der Waals surface area contributed by atoms with Crippen molar-refractivity contribution in [3.8, 4) is 0 Å². The van der Waals surface area contributed by atoms with Gasteiger partial charge in [-0.1, -0.05) is 13.5 Å². The van der Waals surface area contributed by atoms with Crippen LogP contribution >= 0.6 is 0 Å². The van der Waals surface area contributed by atoms with Crippen LogP contribution in [0.25, 0.3) is 0 Å². The number of hydrogen-bond acceptors (Lipinski definition) is 3. The fourth-order valence-electron chi connectivity index (χ4n) is 1.79. The van der Waals surface area contributed by atoms with Crippen molar-refractivity contribution >= 4 is 0 Å². The fraction of sp³-hybridized carbons (Fsp3) is 0.818. The van der Waals surface area contributed by atoms with Crippen LogP contribution in [0.1, 0.15) is 13.3 Å². The third-order valence-corrected chi connectivity index (χ3v) is 2.55. The summed E-state index contributed by atoms with van der Waals surface area (Å²) in [6.07, 6.45) is 1.53. The molecular formula is C11H22N2O. The highest BCUT2D eigenvalue weighted by Crippen LogP contribution is 2.09. The van der Waals surface area contributed by atoms with E-state index in [2.05, 4.69) is 23.7 Å². The highest BCUT2D eigenvalue weighted by atomic mass is 16.5. The van der Waals surface area contributed by atoms with Gasteiger partial charge in [-0.15, -0.1) is 0 Å². The monoisotopic (exact) mass is 198 g/mol. The molecule has 0 saturated carbocycles. The molecule has 1 atom stereocenters. The second-order valence-electron chi connectivity index (χ2n) is 3.92. The van der Waals surface area contributed by atoms with E-state index >= 15 is 0 Å². The molecule has 1 N–H and O–H groups in total. The van der Waals surface area contributed by atoms with Gasteiger partial charge in [0.2, 0.25) is 0 Å². The first kappa shape index (κ1) is 11.7. The number of nitrogens with one attached hydrogen (secondary N) is 1. The normalized spacial score (nSPS) is 23.7. The van der Waals surface area contributed by atoms with Crippen LogP contribution in [0, 0.1) is 0 Å². The first-order chi connectivity index (χ1) is 6.76. The molecule has 0 aliphatic carbocycles. The molecule has 1 unspecified atom stereocenters. The number of morpholine rings is 1. The predicted molar refractivity (Wildman–Crippen MR) is 59.5 cm³/mol. The molecule has 1 fully saturated rings. The molecule has 0 aromatic heterocycles. The van der Waals surface area contributed by atoms with Gasteiger partial charge in [0.1, 0.15) is 0 Å². The minimum atomic E-state index is 0.422. The van der Waals surface area contributed by atoms with E-state index < -0.39 is 0 Å². The molecule has 82 valence electrons. The summed E-state index contributed by atoms with van der Waals surface area (Å²) in [4.78, 5) is 2.43. The van der Waals surface area contributed by atoms with Gasteiger partial charge in [0, 0.05) is 26.2 Å². The van der Waals surface area contributed by atoms with Gasteiger partial charge in [0.25, 0.3) is 0 Å². The minimum Gasteiger partial charge on any atom is -0.376 e. The molecular weight excluding hydrogens is 176 g/mol. The zero-order chi connectivity index (χ0) is 10.4. The summed E-state index contributed by atoms with van der Waals surface area (Å²) in [6, 6.07) is 0. The Labute approximate surface area is 87.1 Å². The van der Waals surface area contributed by atoms with Gasteiger partial charge in [-0.3, -0.25) is 4.90 Å². The SMILES string of the molecule is C=C(CNC)CN1CCOC(CC)C1. The van der Waals surface area contributed by atoms with E-state index in [0.29, 0.717) is 6.10 Å². The Balaban J connectivity index is 2.26. The van der Waals surface area contributed by atoms with E-state index in [4.69, 9.17) is 4.74 Å². The van der Waals surface area contributed by atoms with E-state index in [9.17, 15) is 0 Å². The Kier molecular flexibility index (Phi) is 5.15. The van der Waals surface area contributed by atoms with Crippen LogP contribution in [0.15, 0.2) is 12.2 Å². The number of rotatable bonds is 5. The maximum absolute atomic E-state index is 5.61. The van der Waals surface area contributed by atoms with Gasteiger partial charge >= 0.3 is 0 Å². The molecule has 0 bridgehead atoms. The van der Waals surface area contributed by atoms with Gasteiger partial charge in [-0.25, -0.2) is 0 Å². The number of ether oxygens (including phenoxy) is 1. The molecule has 0 amide bonds.